The second-order valence-corrected chi connectivity index (χ2v) is 10.9. The molecule has 144 valence electrons. The summed E-state index contributed by atoms with van der Waals surface area (Å²) in [7, 11) is 0. The lowest BCUT2D eigenvalue weighted by Crippen LogP contribution is -2.12. The number of nitrogens with zero attached hydrogens (tertiary/aromatic N) is 3. The highest BCUT2D eigenvalue weighted by molar-refractivity contribution is 9.10. The van der Waals surface area contributed by atoms with Crippen molar-refractivity contribution in [3.05, 3.63) is 55.4 Å². The molecule has 2 N–H and O–H groups in total. The van der Waals surface area contributed by atoms with E-state index < -0.39 is 0 Å². The summed E-state index contributed by atoms with van der Waals surface area (Å²) in [6.07, 6.45) is 0. The maximum absolute atomic E-state index is 12.5. The van der Waals surface area contributed by atoms with Crippen LogP contribution in [0.4, 0.5) is 10.8 Å². The number of aryl methyl sites for hydroxylation is 2. The van der Waals surface area contributed by atoms with Crippen molar-refractivity contribution in [1.82, 2.24) is 20.2 Å². The van der Waals surface area contributed by atoms with Gasteiger partial charge in [0.25, 0.3) is 5.56 Å². The topological polar surface area (TPSA) is 83.6 Å². The predicted molar refractivity (Wildman–Crippen MR) is 121 cm³/mol. The zero-order valence-electron chi connectivity index (χ0n) is 15.2. The Morgan fingerprint density at radius 3 is 2.86 bits per heavy atom. The molecule has 0 aliphatic heterocycles. The van der Waals surface area contributed by atoms with Crippen LogP contribution in [-0.2, 0) is 0 Å². The molecule has 0 saturated carbocycles. The summed E-state index contributed by atoms with van der Waals surface area (Å²) in [6, 6.07) is 7.87. The minimum Gasteiger partial charge on any atom is -0.330 e. The second kappa shape index (κ2) is 7.94. The first-order valence-electron chi connectivity index (χ1n) is 8.43. The van der Waals surface area contributed by atoms with Crippen molar-refractivity contribution in [2.45, 2.75) is 30.4 Å². The average molecular weight is 494 g/mol. The molecule has 4 rings (SSSR count). The van der Waals surface area contributed by atoms with Crippen LogP contribution < -0.4 is 10.9 Å². The molecular formula is C18H16BrN5OS3. The molecule has 3 aromatic heterocycles. The number of anilines is 2. The van der Waals surface area contributed by atoms with Gasteiger partial charge in [-0.2, -0.15) is 0 Å². The van der Waals surface area contributed by atoms with Gasteiger partial charge in [-0.1, -0.05) is 45.1 Å². The number of aromatic amines is 1. The first-order chi connectivity index (χ1) is 13.4. The van der Waals surface area contributed by atoms with Crippen LogP contribution in [0.15, 0.2) is 37.9 Å². The molecule has 0 amide bonds. The van der Waals surface area contributed by atoms with Crippen LogP contribution in [-0.4, -0.2) is 20.2 Å². The summed E-state index contributed by atoms with van der Waals surface area (Å²) in [5.74, 6) is 0.653. The first kappa shape index (κ1) is 19.6. The molecule has 0 radical (unpaired) electrons. The van der Waals surface area contributed by atoms with Gasteiger partial charge in [-0.3, -0.25) is 4.79 Å². The standard InChI is InChI=1S/C18H16BrN5OS3/c1-8-9(2)26-16-13(8)15(25)21-14(22-16)10(3)27-18-24-23-17(28-18)20-12-6-4-5-11(19)7-12/h4-7,10H,1-3H3,(H,20,23)(H,21,22,25). The van der Waals surface area contributed by atoms with E-state index in [0.29, 0.717) is 16.3 Å². The molecule has 4 aromatic rings. The van der Waals surface area contributed by atoms with Crippen molar-refractivity contribution in [3.8, 4) is 0 Å². The van der Waals surface area contributed by atoms with Crippen molar-refractivity contribution < 1.29 is 0 Å². The smallest absolute Gasteiger partial charge is 0.259 e. The van der Waals surface area contributed by atoms with Gasteiger partial charge >= 0.3 is 0 Å². The summed E-state index contributed by atoms with van der Waals surface area (Å²) < 4.78 is 1.81. The molecule has 3 heterocycles. The molecule has 0 fully saturated rings. The molecule has 0 bridgehead atoms. The monoisotopic (exact) mass is 493 g/mol. The van der Waals surface area contributed by atoms with Crippen LogP contribution in [0.1, 0.15) is 28.4 Å². The Hall–Kier alpha value is -1.75. The highest BCUT2D eigenvalue weighted by Crippen LogP contribution is 2.37. The zero-order chi connectivity index (χ0) is 19.8. The van der Waals surface area contributed by atoms with Gasteiger partial charge in [0.2, 0.25) is 5.13 Å². The number of fused-ring (bicyclic) bond motifs is 1. The van der Waals surface area contributed by atoms with E-state index in [1.165, 1.54) is 23.1 Å². The quantitative estimate of drug-likeness (QED) is 0.341. The van der Waals surface area contributed by atoms with E-state index in [1.807, 2.05) is 45.0 Å². The third kappa shape index (κ3) is 4.00. The second-order valence-electron chi connectivity index (χ2n) is 6.18. The molecule has 0 aliphatic rings. The summed E-state index contributed by atoms with van der Waals surface area (Å²) in [5.41, 5.74) is 1.87. The maximum Gasteiger partial charge on any atom is 0.259 e. The molecule has 0 aliphatic carbocycles. The molecule has 10 heteroatoms. The first-order valence-corrected chi connectivity index (χ1v) is 11.7. The average Bonchev–Trinajstić information content (AvgIpc) is 3.19. The molecule has 1 unspecified atom stereocenters. The van der Waals surface area contributed by atoms with Crippen molar-refractivity contribution >= 4 is 71.4 Å². The van der Waals surface area contributed by atoms with Gasteiger partial charge in [-0.15, -0.1) is 21.5 Å². The lowest BCUT2D eigenvalue weighted by molar-refractivity contribution is 0.919. The van der Waals surface area contributed by atoms with E-state index in [9.17, 15) is 4.79 Å². The van der Waals surface area contributed by atoms with E-state index in [2.05, 4.69) is 41.4 Å². The predicted octanol–water partition coefficient (Wildman–Crippen LogP) is 5.81. The normalized spacial score (nSPS) is 12.4. The van der Waals surface area contributed by atoms with Gasteiger partial charge in [0.05, 0.1) is 10.6 Å². The number of rotatable bonds is 5. The summed E-state index contributed by atoms with van der Waals surface area (Å²) in [4.78, 5) is 22.0. The fraction of sp³-hybridized carbons (Fsp3) is 0.222. The Kier molecular flexibility index (Phi) is 5.55. The zero-order valence-corrected chi connectivity index (χ0v) is 19.3. The van der Waals surface area contributed by atoms with Gasteiger partial charge in [-0.25, -0.2) is 4.98 Å². The maximum atomic E-state index is 12.5. The van der Waals surface area contributed by atoms with E-state index in [0.717, 1.165) is 29.8 Å². The fourth-order valence-electron chi connectivity index (χ4n) is 2.67. The van der Waals surface area contributed by atoms with Gasteiger partial charge in [0.1, 0.15) is 10.7 Å². The Morgan fingerprint density at radius 1 is 1.25 bits per heavy atom. The number of hydrogen-bond donors (Lipinski definition) is 2. The van der Waals surface area contributed by atoms with Crippen molar-refractivity contribution in [2.75, 3.05) is 5.32 Å². The van der Waals surface area contributed by atoms with Crippen LogP contribution in [0.25, 0.3) is 10.2 Å². The van der Waals surface area contributed by atoms with Gasteiger partial charge < -0.3 is 10.3 Å². The fourth-order valence-corrected chi connectivity index (χ4v) is 6.08. The molecule has 0 saturated heterocycles. The Balaban J connectivity index is 1.52. The molecule has 6 nitrogen and oxygen atoms in total. The number of thioether (sulfide) groups is 1. The highest BCUT2D eigenvalue weighted by Gasteiger charge is 2.18. The summed E-state index contributed by atoms with van der Waals surface area (Å²) >= 11 is 8.01. The summed E-state index contributed by atoms with van der Waals surface area (Å²) in [5, 5.41) is 13.1. The number of aromatic nitrogens is 4. The van der Waals surface area contributed by atoms with E-state index in [-0.39, 0.29) is 10.8 Å². The van der Waals surface area contributed by atoms with E-state index >= 15 is 0 Å². The minimum atomic E-state index is -0.0800. The Bertz CT molecular complexity index is 1220. The molecule has 1 atom stereocenters. The Morgan fingerprint density at radius 2 is 2.07 bits per heavy atom. The lowest BCUT2D eigenvalue weighted by atomic mass is 10.2. The van der Waals surface area contributed by atoms with Crippen molar-refractivity contribution in [3.63, 3.8) is 0 Å². The third-order valence-corrected chi connectivity index (χ3v) is 7.83. The van der Waals surface area contributed by atoms with E-state index in [1.54, 1.807) is 11.3 Å². The largest absolute Gasteiger partial charge is 0.330 e. The van der Waals surface area contributed by atoms with Gasteiger partial charge in [-0.05, 0) is 44.5 Å². The van der Waals surface area contributed by atoms with E-state index in [4.69, 9.17) is 0 Å². The third-order valence-electron chi connectivity index (χ3n) is 4.20. The molecule has 1 aromatic carbocycles. The SMILES string of the molecule is Cc1sc2nc(C(C)Sc3nnc(Nc4cccc(Br)c4)s3)[nH]c(=O)c2c1C. The number of halogens is 1. The Labute approximate surface area is 182 Å². The lowest BCUT2D eigenvalue weighted by Gasteiger charge is -2.08. The number of hydrogen-bond acceptors (Lipinski definition) is 8. The number of thiophene rings is 1. The molecule has 0 spiro atoms. The molecule has 28 heavy (non-hydrogen) atoms. The molecular weight excluding hydrogens is 478 g/mol. The number of nitrogens with one attached hydrogen (secondary N) is 2. The van der Waals surface area contributed by atoms with Crippen LogP contribution in [0.5, 0.6) is 0 Å². The van der Waals surface area contributed by atoms with Gasteiger partial charge in [0, 0.05) is 15.0 Å². The van der Waals surface area contributed by atoms with Gasteiger partial charge in [0.15, 0.2) is 4.34 Å². The highest BCUT2D eigenvalue weighted by atomic mass is 79.9. The number of benzene rings is 1. The van der Waals surface area contributed by atoms with Crippen LogP contribution in [0.2, 0.25) is 0 Å². The van der Waals surface area contributed by atoms with Crippen LogP contribution >= 0.6 is 50.4 Å². The van der Waals surface area contributed by atoms with Crippen molar-refractivity contribution in [1.29, 1.82) is 0 Å². The minimum absolute atomic E-state index is 0.0496. The van der Waals surface area contributed by atoms with Crippen LogP contribution in [0, 0.1) is 13.8 Å². The van der Waals surface area contributed by atoms with Crippen molar-refractivity contribution in [2.24, 2.45) is 0 Å². The number of H-pyrrole nitrogens is 1. The summed E-state index contributed by atoms with van der Waals surface area (Å²) in [6.45, 7) is 5.98. The van der Waals surface area contributed by atoms with Crippen LogP contribution in [0.3, 0.4) is 0 Å².